The van der Waals surface area contributed by atoms with Crippen LogP contribution in [0.2, 0.25) is 0 Å². The molecule has 7 heteroatoms. The zero-order valence-corrected chi connectivity index (χ0v) is 10.2. The quantitative estimate of drug-likeness (QED) is 0.762. The van der Waals surface area contributed by atoms with E-state index in [9.17, 15) is 0 Å². The van der Waals surface area contributed by atoms with Gasteiger partial charge < -0.3 is 5.73 Å². The molecule has 0 amide bonds. The van der Waals surface area contributed by atoms with Crippen molar-refractivity contribution in [3.63, 3.8) is 0 Å². The molecule has 0 radical (unpaired) electrons. The van der Waals surface area contributed by atoms with Gasteiger partial charge in [0.25, 0.3) is 0 Å². The van der Waals surface area contributed by atoms with Gasteiger partial charge in [-0.05, 0) is 12.1 Å². The van der Waals surface area contributed by atoms with Crippen LogP contribution in [0.15, 0.2) is 42.7 Å². The van der Waals surface area contributed by atoms with Crippen molar-refractivity contribution in [2.24, 2.45) is 5.73 Å². The number of benzene rings is 1. The summed E-state index contributed by atoms with van der Waals surface area (Å²) < 4.78 is 9.81. The van der Waals surface area contributed by atoms with Crippen LogP contribution in [-0.2, 0) is 0 Å². The number of para-hydroxylation sites is 1. The smallest absolute Gasteiger partial charge is 0.0972 e. The highest BCUT2D eigenvalue weighted by molar-refractivity contribution is 6.99. The fourth-order valence-corrected chi connectivity index (χ4v) is 2.14. The molecule has 0 aliphatic rings. The third-order valence-corrected chi connectivity index (χ3v) is 3.08. The molecule has 2 aromatic heterocycles. The number of rotatable bonds is 3. The number of hydrogen-bond donors (Lipinski definition) is 1. The summed E-state index contributed by atoms with van der Waals surface area (Å²) in [4.78, 5) is 0. The first-order chi connectivity index (χ1) is 8.86. The molecule has 3 rings (SSSR count). The molecule has 1 unspecified atom stereocenters. The molecule has 0 aliphatic carbocycles. The van der Waals surface area contributed by atoms with Crippen molar-refractivity contribution >= 4 is 11.7 Å². The van der Waals surface area contributed by atoms with Crippen molar-refractivity contribution < 1.29 is 0 Å². The summed E-state index contributed by atoms with van der Waals surface area (Å²) in [6.45, 7) is 0. The average molecular weight is 258 g/mol. The van der Waals surface area contributed by atoms with E-state index in [2.05, 4.69) is 19.1 Å². The molecule has 1 atom stereocenters. The van der Waals surface area contributed by atoms with E-state index in [1.54, 1.807) is 17.1 Å². The van der Waals surface area contributed by atoms with Crippen LogP contribution in [-0.4, -0.2) is 23.7 Å². The summed E-state index contributed by atoms with van der Waals surface area (Å²) in [5.74, 6) is 0. The minimum atomic E-state index is -0.376. The largest absolute Gasteiger partial charge is 0.318 e. The molecule has 2 heterocycles. The Morgan fingerprint density at radius 3 is 2.72 bits per heavy atom. The SMILES string of the molecule is NC(c1cnsn1)c1cnnn1-c1ccccc1. The molecule has 18 heavy (non-hydrogen) atoms. The van der Waals surface area contributed by atoms with E-state index in [-0.39, 0.29) is 6.04 Å². The van der Waals surface area contributed by atoms with Gasteiger partial charge in [-0.2, -0.15) is 8.75 Å². The van der Waals surface area contributed by atoms with Gasteiger partial charge in [-0.3, -0.25) is 0 Å². The Labute approximate surface area is 107 Å². The topological polar surface area (TPSA) is 82.5 Å². The second-order valence-corrected chi connectivity index (χ2v) is 4.27. The maximum Gasteiger partial charge on any atom is 0.0972 e. The lowest BCUT2D eigenvalue weighted by Gasteiger charge is -2.10. The first kappa shape index (κ1) is 11.0. The van der Waals surface area contributed by atoms with Crippen molar-refractivity contribution in [1.29, 1.82) is 0 Å². The van der Waals surface area contributed by atoms with Gasteiger partial charge in [0.1, 0.15) is 0 Å². The highest BCUT2D eigenvalue weighted by atomic mass is 32.1. The first-order valence-electron chi connectivity index (χ1n) is 5.35. The van der Waals surface area contributed by atoms with Crippen molar-refractivity contribution in [3.05, 3.63) is 54.1 Å². The molecule has 6 nitrogen and oxygen atoms in total. The molecule has 3 aromatic rings. The van der Waals surface area contributed by atoms with Gasteiger partial charge in [-0.25, -0.2) is 4.68 Å². The van der Waals surface area contributed by atoms with Crippen molar-refractivity contribution in [2.45, 2.75) is 6.04 Å². The molecule has 0 saturated carbocycles. The van der Waals surface area contributed by atoms with Crippen molar-refractivity contribution in [3.8, 4) is 5.69 Å². The zero-order valence-electron chi connectivity index (χ0n) is 9.34. The molecule has 0 aliphatic heterocycles. The van der Waals surface area contributed by atoms with Gasteiger partial charge in [0, 0.05) is 0 Å². The molecular formula is C11H10N6S. The van der Waals surface area contributed by atoms with E-state index in [1.807, 2.05) is 30.3 Å². The highest BCUT2D eigenvalue weighted by Crippen LogP contribution is 2.19. The number of nitrogens with two attached hydrogens (primary N) is 1. The summed E-state index contributed by atoms with van der Waals surface area (Å²) in [7, 11) is 0. The second-order valence-electron chi connectivity index (χ2n) is 3.72. The van der Waals surface area contributed by atoms with Gasteiger partial charge >= 0.3 is 0 Å². The zero-order chi connectivity index (χ0) is 12.4. The van der Waals surface area contributed by atoms with Crippen molar-refractivity contribution in [2.75, 3.05) is 0 Å². The van der Waals surface area contributed by atoms with E-state index in [0.717, 1.165) is 28.8 Å². The van der Waals surface area contributed by atoms with Gasteiger partial charge in [-0.1, -0.05) is 23.4 Å². The van der Waals surface area contributed by atoms with Crippen LogP contribution < -0.4 is 5.73 Å². The van der Waals surface area contributed by atoms with E-state index in [4.69, 9.17) is 5.73 Å². The molecule has 1 aromatic carbocycles. The van der Waals surface area contributed by atoms with Crippen molar-refractivity contribution in [1.82, 2.24) is 23.7 Å². The van der Waals surface area contributed by atoms with Gasteiger partial charge in [0.15, 0.2) is 0 Å². The monoisotopic (exact) mass is 258 g/mol. The van der Waals surface area contributed by atoms with Gasteiger partial charge in [0.2, 0.25) is 0 Å². The molecule has 0 spiro atoms. The van der Waals surface area contributed by atoms with E-state index in [1.165, 1.54) is 0 Å². The first-order valence-corrected chi connectivity index (χ1v) is 6.08. The Hall–Kier alpha value is -2.12. The third-order valence-electron chi connectivity index (χ3n) is 2.59. The standard InChI is InChI=1S/C11H10N6S/c12-11(9-6-14-18-15-9)10-7-13-16-17(10)8-4-2-1-3-5-8/h1-7,11H,12H2. The fraction of sp³-hybridized carbons (Fsp3) is 0.0909. The van der Waals surface area contributed by atoms with Crippen LogP contribution >= 0.6 is 11.7 Å². The predicted molar refractivity (Wildman–Crippen MR) is 67.3 cm³/mol. The highest BCUT2D eigenvalue weighted by Gasteiger charge is 2.18. The van der Waals surface area contributed by atoms with Gasteiger partial charge in [0.05, 0.1) is 47.2 Å². The van der Waals surface area contributed by atoms with Crippen LogP contribution in [0, 0.1) is 0 Å². The molecular weight excluding hydrogens is 248 g/mol. The Morgan fingerprint density at radius 1 is 1.17 bits per heavy atom. The van der Waals surface area contributed by atoms with E-state index in [0.29, 0.717) is 0 Å². The maximum absolute atomic E-state index is 6.15. The second kappa shape index (κ2) is 4.63. The van der Waals surface area contributed by atoms with E-state index < -0.39 is 0 Å². The fourth-order valence-electron chi connectivity index (χ4n) is 1.69. The number of nitrogens with zero attached hydrogens (tertiary/aromatic N) is 5. The lowest BCUT2D eigenvalue weighted by Crippen LogP contribution is -2.17. The van der Waals surface area contributed by atoms with Crippen LogP contribution in [0.5, 0.6) is 0 Å². The normalized spacial score (nSPS) is 12.5. The minimum Gasteiger partial charge on any atom is -0.318 e. The third kappa shape index (κ3) is 1.89. The average Bonchev–Trinajstić information content (AvgIpc) is 3.10. The van der Waals surface area contributed by atoms with Crippen LogP contribution in [0.25, 0.3) is 5.69 Å². The minimum absolute atomic E-state index is 0.376. The Kier molecular flexibility index (Phi) is 2.83. The summed E-state index contributed by atoms with van der Waals surface area (Å²) in [5.41, 5.74) is 8.57. The molecule has 90 valence electrons. The predicted octanol–water partition coefficient (Wildman–Crippen LogP) is 1.17. The summed E-state index contributed by atoms with van der Waals surface area (Å²) in [6.07, 6.45) is 3.31. The van der Waals surface area contributed by atoms with Crippen LogP contribution in [0.3, 0.4) is 0 Å². The van der Waals surface area contributed by atoms with Crippen LogP contribution in [0.4, 0.5) is 0 Å². The molecule has 0 fully saturated rings. The Bertz CT molecular complexity index is 618. The van der Waals surface area contributed by atoms with E-state index >= 15 is 0 Å². The Morgan fingerprint density at radius 2 is 2.00 bits per heavy atom. The summed E-state index contributed by atoms with van der Waals surface area (Å²) >= 11 is 1.14. The molecule has 2 N–H and O–H groups in total. The molecule has 0 bridgehead atoms. The lowest BCUT2D eigenvalue weighted by atomic mass is 10.2. The maximum atomic E-state index is 6.15. The molecule has 0 saturated heterocycles. The van der Waals surface area contributed by atoms with Gasteiger partial charge in [-0.15, -0.1) is 5.10 Å². The number of aromatic nitrogens is 5. The summed E-state index contributed by atoms with van der Waals surface area (Å²) in [5, 5.41) is 7.98. The number of hydrogen-bond acceptors (Lipinski definition) is 6. The Balaban J connectivity index is 2.02. The lowest BCUT2D eigenvalue weighted by molar-refractivity contribution is 0.711. The summed E-state index contributed by atoms with van der Waals surface area (Å²) in [6, 6.07) is 9.35. The van der Waals surface area contributed by atoms with Crippen LogP contribution in [0.1, 0.15) is 17.4 Å².